The zero-order valence-corrected chi connectivity index (χ0v) is 15.8. The molecule has 0 spiro atoms. The van der Waals surface area contributed by atoms with Crippen molar-refractivity contribution in [2.45, 2.75) is 13.3 Å². The first-order chi connectivity index (χ1) is 14.0. The lowest BCUT2D eigenvalue weighted by Gasteiger charge is -2.07. The molecule has 0 aliphatic carbocycles. The standard InChI is InChI=1S/C20H21N3O6/c1-2-11-28-16-9-5-15(6-10-16)22-19(26)20(27)23-21-12-14-3-7-17(8-4-14)29-13-18(24)25/h3-10,12H,2,11,13H2,1H3,(H,22,26)(H,23,27)(H,24,25)/b21-12-. The number of carbonyl (C=O) groups is 3. The summed E-state index contributed by atoms with van der Waals surface area (Å²) in [4.78, 5) is 34.1. The van der Waals surface area contributed by atoms with Crippen LogP contribution >= 0.6 is 0 Å². The molecule has 29 heavy (non-hydrogen) atoms. The molecule has 2 aromatic carbocycles. The molecular weight excluding hydrogens is 378 g/mol. The van der Waals surface area contributed by atoms with Crippen molar-refractivity contribution in [2.24, 2.45) is 5.10 Å². The van der Waals surface area contributed by atoms with Gasteiger partial charge in [-0.15, -0.1) is 0 Å². The maximum Gasteiger partial charge on any atom is 0.341 e. The molecule has 0 atom stereocenters. The Balaban J connectivity index is 1.80. The molecule has 152 valence electrons. The summed E-state index contributed by atoms with van der Waals surface area (Å²) in [6, 6.07) is 13.0. The number of hydrogen-bond donors (Lipinski definition) is 3. The van der Waals surface area contributed by atoms with E-state index in [0.717, 1.165) is 6.42 Å². The van der Waals surface area contributed by atoms with Crippen LogP contribution in [0.5, 0.6) is 11.5 Å². The second-order valence-corrected chi connectivity index (χ2v) is 5.78. The second kappa shape index (κ2) is 11.1. The average Bonchev–Trinajstić information content (AvgIpc) is 2.72. The monoisotopic (exact) mass is 399 g/mol. The lowest BCUT2D eigenvalue weighted by molar-refractivity contribution is -0.139. The quantitative estimate of drug-likeness (QED) is 0.336. The molecule has 0 aliphatic heterocycles. The lowest BCUT2D eigenvalue weighted by Crippen LogP contribution is -2.32. The predicted molar refractivity (Wildman–Crippen MR) is 106 cm³/mol. The van der Waals surface area contributed by atoms with Crippen LogP contribution in [0, 0.1) is 0 Å². The Labute approximate surface area is 167 Å². The Hall–Kier alpha value is -3.88. The van der Waals surface area contributed by atoms with Crippen molar-refractivity contribution in [3.63, 3.8) is 0 Å². The molecule has 0 aromatic heterocycles. The smallest absolute Gasteiger partial charge is 0.341 e. The van der Waals surface area contributed by atoms with Crippen LogP contribution in [-0.2, 0) is 14.4 Å². The first-order valence-corrected chi connectivity index (χ1v) is 8.80. The topological polar surface area (TPSA) is 126 Å². The van der Waals surface area contributed by atoms with Crippen molar-refractivity contribution in [1.29, 1.82) is 0 Å². The van der Waals surface area contributed by atoms with Gasteiger partial charge in [-0.3, -0.25) is 9.59 Å². The van der Waals surface area contributed by atoms with Crippen LogP contribution in [0.3, 0.4) is 0 Å². The van der Waals surface area contributed by atoms with E-state index in [-0.39, 0.29) is 0 Å². The largest absolute Gasteiger partial charge is 0.494 e. The molecule has 2 amide bonds. The normalized spacial score (nSPS) is 10.4. The Morgan fingerprint density at radius 1 is 0.966 bits per heavy atom. The summed E-state index contributed by atoms with van der Waals surface area (Å²) >= 11 is 0. The minimum atomic E-state index is -1.07. The maximum atomic E-state index is 11.9. The first kappa shape index (κ1) is 21.4. The number of aliphatic carboxylic acids is 1. The molecule has 0 aliphatic rings. The fourth-order valence-electron chi connectivity index (χ4n) is 2.05. The number of ether oxygens (including phenoxy) is 2. The van der Waals surface area contributed by atoms with E-state index in [1.807, 2.05) is 6.92 Å². The summed E-state index contributed by atoms with van der Waals surface area (Å²) in [5.41, 5.74) is 3.20. The summed E-state index contributed by atoms with van der Waals surface area (Å²) in [6.45, 7) is 2.17. The third-order valence-electron chi connectivity index (χ3n) is 3.41. The van der Waals surface area contributed by atoms with Crippen LogP contribution in [0.25, 0.3) is 0 Å². The number of hydrogen-bond acceptors (Lipinski definition) is 6. The third-order valence-corrected chi connectivity index (χ3v) is 3.41. The van der Waals surface area contributed by atoms with E-state index in [0.29, 0.717) is 29.4 Å². The molecule has 2 rings (SSSR count). The van der Waals surface area contributed by atoms with Gasteiger partial charge in [0.2, 0.25) is 0 Å². The van der Waals surface area contributed by atoms with Gasteiger partial charge in [-0.2, -0.15) is 5.10 Å². The SMILES string of the molecule is CCCOc1ccc(NC(=O)C(=O)N/N=C\c2ccc(OCC(=O)O)cc2)cc1. The van der Waals surface area contributed by atoms with E-state index >= 15 is 0 Å². The van der Waals surface area contributed by atoms with Gasteiger partial charge in [0, 0.05) is 5.69 Å². The average molecular weight is 399 g/mol. The number of hydrazone groups is 1. The van der Waals surface area contributed by atoms with E-state index in [1.54, 1.807) is 48.5 Å². The van der Waals surface area contributed by atoms with Crippen molar-refractivity contribution in [1.82, 2.24) is 5.43 Å². The number of amides is 2. The van der Waals surface area contributed by atoms with Gasteiger partial charge >= 0.3 is 17.8 Å². The van der Waals surface area contributed by atoms with Crippen molar-refractivity contribution < 1.29 is 29.0 Å². The number of carboxylic acid groups (broad SMARTS) is 1. The van der Waals surface area contributed by atoms with Crippen LogP contribution in [0.15, 0.2) is 53.6 Å². The van der Waals surface area contributed by atoms with E-state index in [2.05, 4.69) is 15.8 Å². The van der Waals surface area contributed by atoms with Gasteiger partial charge in [-0.05, 0) is 60.5 Å². The van der Waals surface area contributed by atoms with Crippen LogP contribution in [0.2, 0.25) is 0 Å². The number of carboxylic acids is 1. The number of carbonyl (C=O) groups excluding carboxylic acids is 2. The van der Waals surface area contributed by atoms with Gasteiger partial charge in [0.1, 0.15) is 11.5 Å². The molecule has 3 N–H and O–H groups in total. The van der Waals surface area contributed by atoms with Gasteiger partial charge in [0.05, 0.1) is 12.8 Å². The molecule has 9 nitrogen and oxygen atoms in total. The highest BCUT2D eigenvalue weighted by atomic mass is 16.5. The van der Waals surface area contributed by atoms with E-state index in [9.17, 15) is 14.4 Å². The van der Waals surface area contributed by atoms with Gasteiger partial charge < -0.3 is 19.9 Å². The molecule has 0 radical (unpaired) electrons. The van der Waals surface area contributed by atoms with Crippen molar-refractivity contribution in [3.8, 4) is 11.5 Å². The highest BCUT2D eigenvalue weighted by Gasteiger charge is 2.12. The summed E-state index contributed by atoms with van der Waals surface area (Å²) < 4.78 is 10.4. The molecular formula is C20H21N3O6. The molecule has 0 bridgehead atoms. The van der Waals surface area contributed by atoms with E-state index < -0.39 is 24.4 Å². The fourth-order valence-corrected chi connectivity index (χ4v) is 2.05. The van der Waals surface area contributed by atoms with Gasteiger partial charge in [0.25, 0.3) is 0 Å². The van der Waals surface area contributed by atoms with Crippen molar-refractivity contribution >= 4 is 29.7 Å². The van der Waals surface area contributed by atoms with Gasteiger partial charge in [-0.1, -0.05) is 6.92 Å². The van der Waals surface area contributed by atoms with Gasteiger partial charge in [-0.25, -0.2) is 10.2 Å². The fraction of sp³-hybridized carbons (Fsp3) is 0.200. The number of rotatable bonds is 9. The zero-order chi connectivity index (χ0) is 21.1. The third kappa shape index (κ3) is 7.71. The second-order valence-electron chi connectivity index (χ2n) is 5.78. The van der Waals surface area contributed by atoms with Crippen LogP contribution in [0.4, 0.5) is 5.69 Å². The van der Waals surface area contributed by atoms with Gasteiger partial charge in [0.15, 0.2) is 6.61 Å². The Bertz CT molecular complexity index is 863. The maximum absolute atomic E-state index is 11.9. The van der Waals surface area contributed by atoms with E-state index in [1.165, 1.54) is 6.21 Å². The number of anilines is 1. The van der Waals surface area contributed by atoms with E-state index in [4.69, 9.17) is 14.6 Å². The Kier molecular flexibility index (Phi) is 8.18. The molecule has 0 saturated heterocycles. The summed E-state index contributed by atoms with van der Waals surface area (Å²) in [5.74, 6) is -1.79. The summed E-state index contributed by atoms with van der Waals surface area (Å²) in [6.07, 6.45) is 2.23. The number of nitrogens with one attached hydrogen (secondary N) is 2. The van der Waals surface area contributed by atoms with Crippen LogP contribution in [0.1, 0.15) is 18.9 Å². The zero-order valence-electron chi connectivity index (χ0n) is 15.8. The van der Waals surface area contributed by atoms with Crippen molar-refractivity contribution in [2.75, 3.05) is 18.5 Å². The lowest BCUT2D eigenvalue weighted by atomic mass is 10.2. The van der Waals surface area contributed by atoms with Crippen molar-refractivity contribution in [3.05, 3.63) is 54.1 Å². The predicted octanol–water partition coefficient (Wildman–Crippen LogP) is 2.03. The molecule has 0 saturated carbocycles. The molecule has 9 heteroatoms. The molecule has 0 unspecified atom stereocenters. The van der Waals surface area contributed by atoms with Crippen LogP contribution < -0.4 is 20.2 Å². The highest BCUT2D eigenvalue weighted by Crippen LogP contribution is 2.15. The summed E-state index contributed by atoms with van der Waals surface area (Å²) in [5, 5.41) is 14.7. The summed E-state index contributed by atoms with van der Waals surface area (Å²) in [7, 11) is 0. The van der Waals surface area contributed by atoms with Crippen LogP contribution in [-0.4, -0.2) is 42.3 Å². The molecule has 0 fully saturated rings. The minimum absolute atomic E-state index is 0.388. The Morgan fingerprint density at radius 2 is 1.59 bits per heavy atom. The highest BCUT2D eigenvalue weighted by molar-refractivity contribution is 6.39. The first-order valence-electron chi connectivity index (χ1n) is 8.80. The Morgan fingerprint density at radius 3 is 2.21 bits per heavy atom. The molecule has 0 heterocycles. The number of nitrogens with zero attached hydrogens (tertiary/aromatic N) is 1. The number of benzene rings is 2. The molecule has 2 aromatic rings. The minimum Gasteiger partial charge on any atom is -0.494 e.